The van der Waals surface area contributed by atoms with Gasteiger partial charge in [-0.3, -0.25) is 14.3 Å². The largest absolute Gasteiger partial charge is 0.352 e. The molecule has 3 rings (SSSR count). The molecule has 1 amide bonds. The minimum atomic E-state index is -0.382. The lowest BCUT2D eigenvalue weighted by Gasteiger charge is -2.34. The molecule has 0 aliphatic carbocycles. The van der Waals surface area contributed by atoms with Crippen molar-refractivity contribution < 1.29 is 4.79 Å². The first-order chi connectivity index (χ1) is 14.1. The molecule has 1 aliphatic heterocycles. The van der Waals surface area contributed by atoms with Crippen LogP contribution in [0.2, 0.25) is 0 Å². The van der Waals surface area contributed by atoms with Crippen molar-refractivity contribution in [1.29, 1.82) is 0 Å². The van der Waals surface area contributed by atoms with Gasteiger partial charge in [-0.25, -0.2) is 15.0 Å². The van der Waals surface area contributed by atoms with Gasteiger partial charge in [0, 0.05) is 24.1 Å². The van der Waals surface area contributed by atoms with Gasteiger partial charge in [-0.05, 0) is 52.3 Å². The summed E-state index contributed by atoms with van der Waals surface area (Å²) in [7, 11) is 0. The van der Waals surface area contributed by atoms with Crippen LogP contribution in [-0.2, 0) is 4.79 Å². The van der Waals surface area contributed by atoms with Gasteiger partial charge < -0.3 is 5.32 Å². The van der Waals surface area contributed by atoms with E-state index in [9.17, 15) is 4.79 Å². The molecule has 0 spiro atoms. The molecule has 0 bridgehead atoms. The highest BCUT2D eigenvalue weighted by molar-refractivity contribution is 5.83. The zero-order valence-electron chi connectivity index (χ0n) is 18.0. The van der Waals surface area contributed by atoms with Crippen LogP contribution in [0.5, 0.6) is 0 Å². The van der Waals surface area contributed by atoms with Gasteiger partial charge in [0.1, 0.15) is 12.4 Å². The molecule has 3 heterocycles. The van der Waals surface area contributed by atoms with E-state index in [1.807, 2.05) is 19.2 Å². The number of likely N-dealkylation sites (tertiary alicyclic amines) is 1. The number of hydrogen-bond donors (Lipinski definition) is 1. The molecule has 7 heteroatoms. The predicted octanol–water partition coefficient (Wildman–Crippen LogP) is 3.58. The van der Waals surface area contributed by atoms with Crippen molar-refractivity contribution in [2.45, 2.75) is 77.8 Å². The molecule has 0 radical (unpaired) electrons. The highest BCUT2D eigenvalue weighted by Gasteiger charge is 2.31. The van der Waals surface area contributed by atoms with Gasteiger partial charge in [0.15, 0.2) is 0 Å². The maximum Gasteiger partial charge on any atom is 0.243 e. The Morgan fingerprint density at radius 3 is 2.69 bits per heavy atom. The lowest BCUT2D eigenvalue weighted by atomic mass is 10.0. The summed E-state index contributed by atoms with van der Waals surface area (Å²) in [6, 6.07) is 1.73. The summed E-state index contributed by atoms with van der Waals surface area (Å²) in [4.78, 5) is 29.0. The molecule has 158 valence electrons. The lowest BCUT2D eigenvalue weighted by molar-refractivity contribution is -0.128. The second-order valence-electron chi connectivity index (χ2n) is 8.11. The van der Waals surface area contributed by atoms with E-state index in [4.69, 9.17) is 4.98 Å². The maximum atomic E-state index is 13.4. The molecule has 0 aromatic carbocycles. The summed E-state index contributed by atoms with van der Waals surface area (Å²) in [5, 5.41) is 3.25. The van der Waals surface area contributed by atoms with Crippen LogP contribution < -0.4 is 5.32 Å². The van der Waals surface area contributed by atoms with E-state index in [0.717, 1.165) is 50.2 Å². The normalized spacial score (nSPS) is 17.1. The number of aryl methyl sites for hydroxylation is 1. The van der Waals surface area contributed by atoms with Crippen molar-refractivity contribution in [1.82, 2.24) is 29.7 Å². The number of piperidine rings is 1. The average Bonchev–Trinajstić information content (AvgIpc) is 3.24. The number of rotatable bonds is 9. The Hall–Kier alpha value is -2.28. The SMILES string of the molecule is CCCCCC(C)NC(=O)C(c1cc(C)nc(-n2ccnc2)n1)N1CCCCC1. The summed E-state index contributed by atoms with van der Waals surface area (Å²) in [6.45, 7) is 8.09. The fraction of sp³-hybridized carbons (Fsp3) is 0.636. The first-order valence-electron chi connectivity index (χ1n) is 11.0. The van der Waals surface area contributed by atoms with Gasteiger partial charge in [0.2, 0.25) is 11.9 Å². The van der Waals surface area contributed by atoms with Gasteiger partial charge >= 0.3 is 0 Å². The van der Waals surface area contributed by atoms with E-state index in [-0.39, 0.29) is 18.0 Å². The zero-order chi connectivity index (χ0) is 20.6. The molecule has 0 saturated carbocycles. The Morgan fingerprint density at radius 2 is 2.00 bits per heavy atom. The van der Waals surface area contributed by atoms with Crippen LogP contribution in [0.4, 0.5) is 0 Å². The molecular weight excluding hydrogens is 364 g/mol. The molecule has 1 aliphatic rings. The van der Waals surface area contributed by atoms with E-state index in [0.29, 0.717) is 5.95 Å². The highest BCUT2D eigenvalue weighted by atomic mass is 16.2. The first kappa shape index (κ1) is 21.4. The summed E-state index contributed by atoms with van der Waals surface area (Å²) in [5.74, 6) is 0.605. The van der Waals surface area contributed by atoms with Gasteiger partial charge in [0.05, 0.1) is 5.69 Å². The van der Waals surface area contributed by atoms with Crippen molar-refractivity contribution in [2.24, 2.45) is 0 Å². The van der Waals surface area contributed by atoms with Crippen LogP contribution in [0.3, 0.4) is 0 Å². The average molecular weight is 399 g/mol. The van der Waals surface area contributed by atoms with Crippen molar-refractivity contribution in [3.8, 4) is 5.95 Å². The van der Waals surface area contributed by atoms with Crippen molar-refractivity contribution >= 4 is 5.91 Å². The van der Waals surface area contributed by atoms with E-state index in [1.165, 1.54) is 19.3 Å². The van der Waals surface area contributed by atoms with Crippen LogP contribution in [0.1, 0.15) is 76.2 Å². The highest BCUT2D eigenvalue weighted by Crippen LogP contribution is 2.25. The fourth-order valence-corrected chi connectivity index (χ4v) is 3.97. The molecule has 2 atom stereocenters. The van der Waals surface area contributed by atoms with Crippen LogP contribution in [0, 0.1) is 6.92 Å². The van der Waals surface area contributed by atoms with Crippen LogP contribution in [-0.4, -0.2) is 49.5 Å². The zero-order valence-corrected chi connectivity index (χ0v) is 18.0. The topological polar surface area (TPSA) is 75.9 Å². The molecular formula is C22H34N6O. The number of carbonyl (C=O) groups excluding carboxylic acids is 1. The van der Waals surface area contributed by atoms with Gasteiger partial charge in [-0.2, -0.15) is 0 Å². The van der Waals surface area contributed by atoms with Crippen LogP contribution in [0.25, 0.3) is 5.95 Å². The summed E-state index contributed by atoms with van der Waals surface area (Å²) in [5.41, 5.74) is 1.62. The van der Waals surface area contributed by atoms with E-state index in [1.54, 1.807) is 17.1 Å². The van der Waals surface area contributed by atoms with Crippen molar-refractivity contribution in [3.05, 3.63) is 36.2 Å². The molecule has 1 N–H and O–H groups in total. The van der Waals surface area contributed by atoms with Crippen LogP contribution in [0.15, 0.2) is 24.8 Å². The van der Waals surface area contributed by atoms with Crippen LogP contribution >= 0.6 is 0 Å². The molecule has 1 fully saturated rings. The minimum absolute atomic E-state index is 0.0468. The number of unbranched alkanes of at least 4 members (excludes halogenated alkanes) is 2. The Labute approximate surface area is 174 Å². The molecule has 29 heavy (non-hydrogen) atoms. The quantitative estimate of drug-likeness (QED) is 0.654. The number of aromatic nitrogens is 4. The summed E-state index contributed by atoms with van der Waals surface area (Å²) in [6.07, 6.45) is 13.2. The summed E-state index contributed by atoms with van der Waals surface area (Å²) < 4.78 is 1.79. The second kappa shape index (κ2) is 10.5. The molecule has 2 unspecified atom stereocenters. The number of nitrogens with one attached hydrogen (secondary N) is 1. The van der Waals surface area contributed by atoms with E-state index < -0.39 is 0 Å². The predicted molar refractivity (Wildman–Crippen MR) is 114 cm³/mol. The Kier molecular flexibility index (Phi) is 7.75. The van der Waals surface area contributed by atoms with E-state index >= 15 is 0 Å². The number of nitrogens with zero attached hydrogens (tertiary/aromatic N) is 5. The fourth-order valence-electron chi connectivity index (χ4n) is 3.97. The van der Waals surface area contributed by atoms with Gasteiger partial charge in [0.25, 0.3) is 0 Å². The minimum Gasteiger partial charge on any atom is -0.352 e. The van der Waals surface area contributed by atoms with Gasteiger partial charge in [-0.1, -0.05) is 32.6 Å². The smallest absolute Gasteiger partial charge is 0.243 e. The molecule has 2 aromatic heterocycles. The second-order valence-corrected chi connectivity index (χ2v) is 8.11. The van der Waals surface area contributed by atoms with E-state index in [2.05, 4.69) is 34.0 Å². The Bertz CT molecular complexity index is 770. The first-order valence-corrected chi connectivity index (χ1v) is 11.0. The maximum absolute atomic E-state index is 13.4. The van der Waals surface area contributed by atoms with Crippen molar-refractivity contribution in [3.63, 3.8) is 0 Å². The lowest BCUT2D eigenvalue weighted by Crippen LogP contribution is -2.45. The molecule has 2 aromatic rings. The number of hydrogen-bond acceptors (Lipinski definition) is 5. The third-order valence-electron chi connectivity index (χ3n) is 5.51. The monoisotopic (exact) mass is 398 g/mol. The Morgan fingerprint density at radius 1 is 1.21 bits per heavy atom. The third kappa shape index (κ3) is 5.85. The number of carbonyl (C=O) groups is 1. The van der Waals surface area contributed by atoms with Crippen molar-refractivity contribution in [2.75, 3.05) is 13.1 Å². The van der Waals surface area contributed by atoms with Gasteiger partial charge in [-0.15, -0.1) is 0 Å². The molecule has 1 saturated heterocycles. The Balaban J connectivity index is 1.84. The standard InChI is InChI=1S/C22H34N6O/c1-4-5-7-10-17(2)24-21(29)20(27-12-8-6-9-13-27)19-15-18(3)25-22(26-19)28-14-11-23-16-28/h11,14-17,20H,4-10,12-13H2,1-3H3,(H,24,29). The number of imidazole rings is 1. The molecule has 7 nitrogen and oxygen atoms in total. The number of amides is 1. The third-order valence-corrected chi connectivity index (χ3v) is 5.51. The summed E-state index contributed by atoms with van der Waals surface area (Å²) >= 11 is 0.